The molecule has 2 aliphatic heterocycles. The summed E-state index contributed by atoms with van der Waals surface area (Å²) < 4.78 is 26.3. The summed E-state index contributed by atoms with van der Waals surface area (Å²) in [6, 6.07) is 17.5. The lowest BCUT2D eigenvalue weighted by Gasteiger charge is -2.18. The van der Waals surface area contributed by atoms with Crippen LogP contribution in [0.4, 0.5) is 20.2 Å². The third-order valence-corrected chi connectivity index (χ3v) is 8.15. The summed E-state index contributed by atoms with van der Waals surface area (Å²) in [5, 5.41) is -1.26. The number of imide groups is 2. The first-order valence-corrected chi connectivity index (χ1v) is 12.7. The van der Waals surface area contributed by atoms with Gasteiger partial charge >= 0.3 is 0 Å². The maximum atomic E-state index is 13.2. The molecule has 2 saturated heterocycles. The van der Waals surface area contributed by atoms with E-state index in [4.69, 9.17) is 0 Å². The van der Waals surface area contributed by atoms with Crippen LogP contribution in [0, 0.1) is 11.6 Å². The number of carbonyl (C=O) groups excluding carboxylic acids is 4. The van der Waals surface area contributed by atoms with Crippen molar-refractivity contribution in [3.63, 3.8) is 0 Å². The highest BCUT2D eigenvalue weighted by Crippen LogP contribution is 2.37. The van der Waals surface area contributed by atoms with Crippen LogP contribution < -0.4 is 9.80 Å². The van der Waals surface area contributed by atoms with Crippen LogP contribution in [-0.2, 0) is 19.2 Å². The Morgan fingerprint density at radius 1 is 0.556 bits per heavy atom. The number of hydrogen-bond acceptors (Lipinski definition) is 6. The van der Waals surface area contributed by atoms with Gasteiger partial charge in [-0.2, -0.15) is 0 Å². The van der Waals surface area contributed by atoms with E-state index >= 15 is 0 Å². The van der Waals surface area contributed by atoms with Crippen molar-refractivity contribution in [1.29, 1.82) is 0 Å². The summed E-state index contributed by atoms with van der Waals surface area (Å²) >= 11 is 2.39. The molecule has 6 nitrogen and oxygen atoms in total. The number of thioether (sulfide) groups is 2. The van der Waals surface area contributed by atoms with E-state index in [1.165, 1.54) is 72.1 Å². The van der Waals surface area contributed by atoms with Crippen LogP contribution in [-0.4, -0.2) is 34.1 Å². The van der Waals surface area contributed by atoms with Crippen molar-refractivity contribution >= 4 is 58.5 Å². The zero-order valence-corrected chi connectivity index (χ0v) is 20.2. The molecule has 4 amide bonds. The van der Waals surface area contributed by atoms with E-state index in [0.29, 0.717) is 21.2 Å². The molecule has 2 fully saturated rings. The van der Waals surface area contributed by atoms with Gasteiger partial charge in [0.05, 0.1) is 21.9 Å². The molecular weight excluding hydrogens is 506 g/mol. The Hall–Kier alpha value is -3.50. The van der Waals surface area contributed by atoms with Crippen molar-refractivity contribution in [2.75, 3.05) is 9.80 Å². The molecule has 0 aromatic heterocycles. The van der Waals surface area contributed by atoms with Gasteiger partial charge in [-0.25, -0.2) is 18.6 Å². The molecule has 0 saturated carbocycles. The van der Waals surface area contributed by atoms with Gasteiger partial charge in [-0.1, -0.05) is 0 Å². The Bertz CT molecular complexity index is 1240. The molecule has 3 aromatic rings. The smallest absolute Gasteiger partial charge is 0.247 e. The summed E-state index contributed by atoms with van der Waals surface area (Å²) in [7, 11) is 0. The number of halogens is 2. The molecule has 2 aliphatic rings. The second-order valence-electron chi connectivity index (χ2n) is 8.18. The van der Waals surface area contributed by atoms with Gasteiger partial charge in [0.15, 0.2) is 0 Å². The summed E-state index contributed by atoms with van der Waals surface area (Å²) in [5.41, 5.74) is 0.680. The van der Waals surface area contributed by atoms with Crippen LogP contribution in [0.1, 0.15) is 12.8 Å². The molecule has 0 aliphatic carbocycles. The topological polar surface area (TPSA) is 74.8 Å². The summed E-state index contributed by atoms with van der Waals surface area (Å²) in [5.74, 6) is -2.26. The number of benzene rings is 3. The summed E-state index contributed by atoms with van der Waals surface area (Å²) in [4.78, 5) is 54.6. The van der Waals surface area contributed by atoms with E-state index in [1.807, 2.05) is 0 Å². The van der Waals surface area contributed by atoms with Gasteiger partial charge in [0, 0.05) is 22.6 Å². The molecule has 5 rings (SSSR count). The van der Waals surface area contributed by atoms with Crippen molar-refractivity contribution in [2.24, 2.45) is 0 Å². The fourth-order valence-electron chi connectivity index (χ4n) is 4.04. The van der Waals surface area contributed by atoms with Crippen LogP contribution in [0.3, 0.4) is 0 Å². The average Bonchev–Trinajstić information content (AvgIpc) is 3.30. The quantitative estimate of drug-likeness (QED) is 0.431. The molecule has 0 N–H and O–H groups in total. The van der Waals surface area contributed by atoms with Gasteiger partial charge < -0.3 is 0 Å². The van der Waals surface area contributed by atoms with Gasteiger partial charge in [-0.15, -0.1) is 23.5 Å². The standard InChI is InChI=1S/C26H18F2N2O4S2/c27-15-1-9-19(10-2-15)35-21-13-23(31)29(25(21)33)17-5-7-18(8-6-17)30-24(32)14-22(26(30)34)36-20-11-3-16(28)4-12-20/h1-12,21-22H,13-14H2. The van der Waals surface area contributed by atoms with E-state index in [1.54, 1.807) is 24.3 Å². The zero-order valence-electron chi connectivity index (χ0n) is 18.6. The summed E-state index contributed by atoms with van der Waals surface area (Å²) in [6.45, 7) is 0. The third kappa shape index (κ3) is 4.78. The lowest BCUT2D eigenvalue weighted by molar-refractivity contribution is -0.122. The van der Waals surface area contributed by atoms with Crippen LogP contribution >= 0.6 is 23.5 Å². The number of carbonyl (C=O) groups is 4. The number of anilines is 2. The van der Waals surface area contributed by atoms with Crippen LogP contribution in [0.2, 0.25) is 0 Å². The van der Waals surface area contributed by atoms with E-state index in [9.17, 15) is 28.0 Å². The highest BCUT2D eigenvalue weighted by atomic mass is 32.2. The zero-order chi connectivity index (χ0) is 25.4. The van der Waals surface area contributed by atoms with E-state index < -0.39 is 10.5 Å². The van der Waals surface area contributed by atoms with Gasteiger partial charge in [-0.05, 0) is 72.8 Å². The Kier molecular flexibility index (Phi) is 6.63. The monoisotopic (exact) mass is 524 g/mol. The Morgan fingerprint density at radius 3 is 1.22 bits per heavy atom. The lowest BCUT2D eigenvalue weighted by Crippen LogP contribution is -2.32. The second kappa shape index (κ2) is 9.87. The molecule has 182 valence electrons. The Morgan fingerprint density at radius 2 is 0.889 bits per heavy atom. The van der Waals surface area contributed by atoms with Crippen molar-refractivity contribution in [1.82, 2.24) is 0 Å². The second-order valence-corrected chi connectivity index (χ2v) is 10.7. The maximum absolute atomic E-state index is 13.2. The molecule has 2 unspecified atom stereocenters. The molecule has 0 radical (unpaired) electrons. The van der Waals surface area contributed by atoms with Crippen LogP contribution in [0.5, 0.6) is 0 Å². The van der Waals surface area contributed by atoms with Gasteiger partial charge in [0.25, 0.3) is 0 Å². The molecule has 2 atom stereocenters. The first-order chi connectivity index (χ1) is 17.3. The first kappa shape index (κ1) is 24.2. The SMILES string of the molecule is O=C1CC(Sc2ccc(F)cc2)C(=O)N1c1ccc(N2C(=O)CC(Sc3ccc(F)cc3)C2=O)cc1. The fraction of sp³-hybridized carbons (Fsp3) is 0.154. The third-order valence-electron chi connectivity index (χ3n) is 5.76. The molecule has 2 heterocycles. The van der Waals surface area contributed by atoms with Crippen molar-refractivity contribution < 1.29 is 28.0 Å². The molecule has 10 heteroatoms. The molecular formula is C26H18F2N2O4S2. The number of rotatable bonds is 6. The van der Waals surface area contributed by atoms with Crippen molar-refractivity contribution in [3.05, 3.63) is 84.4 Å². The molecule has 3 aromatic carbocycles. The summed E-state index contributed by atoms with van der Waals surface area (Å²) in [6.07, 6.45) is 0.0159. The minimum absolute atomic E-state index is 0.00795. The maximum Gasteiger partial charge on any atom is 0.247 e. The van der Waals surface area contributed by atoms with Gasteiger partial charge in [0.1, 0.15) is 11.6 Å². The number of amides is 4. The van der Waals surface area contributed by atoms with Crippen molar-refractivity contribution in [3.8, 4) is 0 Å². The van der Waals surface area contributed by atoms with Gasteiger partial charge in [0.2, 0.25) is 23.6 Å². The van der Waals surface area contributed by atoms with Crippen molar-refractivity contribution in [2.45, 2.75) is 33.1 Å². The van der Waals surface area contributed by atoms with E-state index in [2.05, 4.69) is 0 Å². The predicted octanol–water partition coefficient (Wildman–Crippen LogP) is 4.81. The first-order valence-electron chi connectivity index (χ1n) is 11.0. The average molecular weight is 525 g/mol. The minimum atomic E-state index is -0.631. The molecule has 0 spiro atoms. The largest absolute Gasteiger partial charge is 0.274 e. The van der Waals surface area contributed by atoms with Crippen LogP contribution in [0.25, 0.3) is 0 Å². The Balaban J connectivity index is 1.28. The Labute approximate surface area is 213 Å². The van der Waals surface area contributed by atoms with E-state index in [0.717, 1.165) is 9.80 Å². The fourth-order valence-corrected chi connectivity index (χ4v) is 6.15. The van der Waals surface area contributed by atoms with Crippen LogP contribution in [0.15, 0.2) is 82.6 Å². The highest BCUT2D eigenvalue weighted by molar-refractivity contribution is 8.01. The minimum Gasteiger partial charge on any atom is -0.274 e. The molecule has 0 bridgehead atoms. The van der Waals surface area contributed by atoms with Gasteiger partial charge in [-0.3, -0.25) is 19.2 Å². The normalized spacial score (nSPS) is 20.1. The number of hydrogen-bond donors (Lipinski definition) is 0. The molecule has 36 heavy (non-hydrogen) atoms. The van der Waals surface area contributed by atoms with E-state index in [-0.39, 0.29) is 48.1 Å². The number of nitrogens with zero attached hydrogens (tertiary/aromatic N) is 2. The predicted molar refractivity (Wildman–Crippen MR) is 133 cm³/mol. The lowest BCUT2D eigenvalue weighted by atomic mass is 10.2. The highest BCUT2D eigenvalue weighted by Gasteiger charge is 2.42.